The number of fused-ring (bicyclic) bond motifs is 1. The molecular weight excluding hydrogens is 356 g/mol. The summed E-state index contributed by atoms with van der Waals surface area (Å²) in [5, 5.41) is 4.10. The van der Waals surface area contributed by atoms with Gasteiger partial charge < -0.3 is 14.1 Å². The highest BCUT2D eigenvalue weighted by Gasteiger charge is 2.12. The molecule has 7 heteroatoms. The van der Waals surface area contributed by atoms with E-state index in [0.717, 1.165) is 16.8 Å². The first-order valence-electron chi connectivity index (χ1n) is 8.75. The van der Waals surface area contributed by atoms with Crippen LogP contribution in [0.3, 0.4) is 0 Å². The third kappa shape index (κ3) is 3.93. The Morgan fingerprint density at radius 3 is 2.71 bits per heavy atom. The summed E-state index contributed by atoms with van der Waals surface area (Å²) in [4.78, 5) is 19.9. The molecule has 0 bridgehead atoms. The SMILES string of the molecule is C/C(=N\NC(=O)c1ccc(COc2ccccc2)o1)c1nc2ccccc2[nH]1. The second-order valence-electron chi connectivity index (χ2n) is 6.11. The van der Waals surface area contributed by atoms with Crippen LogP contribution in [-0.4, -0.2) is 21.6 Å². The van der Waals surface area contributed by atoms with Crippen molar-refractivity contribution in [2.24, 2.45) is 5.10 Å². The number of carbonyl (C=O) groups excluding carboxylic acids is 1. The zero-order valence-electron chi connectivity index (χ0n) is 15.2. The molecule has 0 atom stereocenters. The van der Waals surface area contributed by atoms with E-state index in [2.05, 4.69) is 20.5 Å². The number of carbonyl (C=O) groups is 1. The van der Waals surface area contributed by atoms with Crippen LogP contribution >= 0.6 is 0 Å². The summed E-state index contributed by atoms with van der Waals surface area (Å²) in [6.45, 7) is 2.00. The molecule has 0 saturated heterocycles. The van der Waals surface area contributed by atoms with E-state index >= 15 is 0 Å². The van der Waals surface area contributed by atoms with E-state index in [1.54, 1.807) is 19.1 Å². The monoisotopic (exact) mass is 374 g/mol. The van der Waals surface area contributed by atoms with Gasteiger partial charge in [-0.3, -0.25) is 4.79 Å². The molecule has 0 aliphatic carbocycles. The summed E-state index contributed by atoms with van der Waals surface area (Å²) in [6.07, 6.45) is 0. The van der Waals surface area contributed by atoms with E-state index in [1.165, 1.54) is 0 Å². The Hall–Kier alpha value is -3.87. The molecule has 2 N–H and O–H groups in total. The van der Waals surface area contributed by atoms with Crippen molar-refractivity contribution >= 4 is 22.7 Å². The van der Waals surface area contributed by atoms with Crippen LogP contribution in [0.5, 0.6) is 5.75 Å². The largest absolute Gasteiger partial charge is 0.486 e. The van der Waals surface area contributed by atoms with Crippen LogP contribution in [0, 0.1) is 0 Å². The van der Waals surface area contributed by atoms with Crippen LogP contribution in [0.15, 0.2) is 76.2 Å². The number of hydrogen-bond donors (Lipinski definition) is 2. The van der Waals surface area contributed by atoms with Crippen LogP contribution in [-0.2, 0) is 6.61 Å². The van der Waals surface area contributed by atoms with E-state index in [0.29, 0.717) is 17.3 Å². The fraction of sp³-hybridized carbons (Fsp3) is 0.0952. The highest BCUT2D eigenvalue weighted by molar-refractivity contribution is 5.99. The molecule has 4 aromatic rings. The minimum absolute atomic E-state index is 0.160. The molecule has 0 radical (unpaired) electrons. The molecular formula is C21H18N4O3. The van der Waals surface area contributed by atoms with Crippen molar-refractivity contribution in [3.8, 4) is 5.75 Å². The minimum Gasteiger partial charge on any atom is -0.486 e. The lowest BCUT2D eigenvalue weighted by atomic mass is 10.3. The maximum atomic E-state index is 12.3. The zero-order valence-corrected chi connectivity index (χ0v) is 15.2. The molecule has 0 spiro atoms. The Bertz CT molecular complexity index is 1100. The standard InChI is InChI=1S/C21H18N4O3/c1-14(20-22-17-9-5-6-10-18(17)23-20)24-25-21(26)19-12-11-16(28-19)13-27-15-7-3-2-4-8-15/h2-12H,13H2,1H3,(H,22,23)(H,25,26)/b24-14+. The molecule has 28 heavy (non-hydrogen) atoms. The van der Waals surface area contributed by atoms with Crippen molar-refractivity contribution in [1.29, 1.82) is 0 Å². The molecule has 4 rings (SSSR count). The Balaban J connectivity index is 1.38. The van der Waals surface area contributed by atoms with Gasteiger partial charge in [0.25, 0.3) is 0 Å². The molecule has 0 aliphatic heterocycles. The summed E-state index contributed by atoms with van der Waals surface area (Å²) in [5.41, 5.74) is 4.79. The van der Waals surface area contributed by atoms with Crippen LogP contribution < -0.4 is 10.2 Å². The molecule has 2 aromatic heterocycles. The van der Waals surface area contributed by atoms with E-state index in [9.17, 15) is 4.79 Å². The van der Waals surface area contributed by atoms with E-state index in [1.807, 2.05) is 54.6 Å². The summed E-state index contributed by atoms with van der Waals surface area (Å²) >= 11 is 0. The van der Waals surface area contributed by atoms with Crippen LogP contribution in [0.2, 0.25) is 0 Å². The van der Waals surface area contributed by atoms with Crippen molar-refractivity contribution in [2.75, 3.05) is 0 Å². The lowest BCUT2D eigenvalue weighted by Crippen LogP contribution is -2.19. The van der Waals surface area contributed by atoms with Crippen molar-refractivity contribution in [3.05, 3.63) is 84.1 Å². The lowest BCUT2D eigenvalue weighted by Gasteiger charge is -2.03. The van der Waals surface area contributed by atoms with Gasteiger partial charge in [0.2, 0.25) is 0 Å². The van der Waals surface area contributed by atoms with Gasteiger partial charge in [-0.05, 0) is 43.3 Å². The molecule has 140 valence electrons. The van der Waals surface area contributed by atoms with Gasteiger partial charge in [-0.1, -0.05) is 30.3 Å². The molecule has 1 amide bonds. The Morgan fingerprint density at radius 2 is 1.89 bits per heavy atom. The first-order chi connectivity index (χ1) is 13.7. The number of amides is 1. The van der Waals surface area contributed by atoms with Crippen molar-refractivity contribution < 1.29 is 13.9 Å². The van der Waals surface area contributed by atoms with E-state index in [-0.39, 0.29) is 12.4 Å². The number of furan rings is 1. The maximum Gasteiger partial charge on any atom is 0.307 e. The number of nitrogens with one attached hydrogen (secondary N) is 2. The predicted molar refractivity (Wildman–Crippen MR) is 105 cm³/mol. The second-order valence-corrected chi connectivity index (χ2v) is 6.11. The smallest absolute Gasteiger partial charge is 0.307 e. The molecule has 0 saturated carbocycles. The Labute approximate surface area is 161 Å². The molecule has 2 aromatic carbocycles. The molecule has 2 heterocycles. The van der Waals surface area contributed by atoms with E-state index < -0.39 is 5.91 Å². The molecule has 0 fully saturated rings. The number of para-hydroxylation sites is 3. The van der Waals surface area contributed by atoms with Gasteiger partial charge in [0.15, 0.2) is 11.6 Å². The summed E-state index contributed by atoms with van der Waals surface area (Å²) < 4.78 is 11.1. The number of H-pyrrole nitrogens is 1. The maximum absolute atomic E-state index is 12.3. The topological polar surface area (TPSA) is 92.5 Å². The van der Waals surface area contributed by atoms with Gasteiger partial charge in [0.05, 0.1) is 11.0 Å². The third-order valence-electron chi connectivity index (χ3n) is 4.07. The number of benzene rings is 2. The number of hydrogen-bond acceptors (Lipinski definition) is 5. The Morgan fingerprint density at radius 1 is 1.11 bits per heavy atom. The lowest BCUT2D eigenvalue weighted by molar-refractivity contribution is 0.0923. The number of aromatic nitrogens is 2. The average molecular weight is 374 g/mol. The van der Waals surface area contributed by atoms with Crippen LogP contribution in [0.4, 0.5) is 0 Å². The number of ether oxygens (including phenoxy) is 1. The summed E-state index contributed by atoms with van der Waals surface area (Å²) in [5.74, 6) is 1.59. The van der Waals surface area contributed by atoms with Gasteiger partial charge in [-0.2, -0.15) is 5.10 Å². The van der Waals surface area contributed by atoms with E-state index in [4.69, 9.17) is 9.15 Å². The number of nitrogens with zero attached hydrogens (tertiary/aromatic N) is 2. The van der Waals surface area contributed by atoms with Gasteiger partial charge in [0.1, 0.15) is 23.8 Å². The van der Waals surface area contributed by atoms with Crippen molar-refractivity contribution in [2.45, 2.75) is 13.5 Å². The third-order valence-corrected chi connectivity index (χ3v) is 4.07. The fourth-order valence-electron chi connectivity index (χ4n) is 2.62. The number of hydrazone groups is 1. The number of rotatable bonds is 6. The van der Waals surface area contributed by atoms with Gasteiger partial charge in [0, 0.05) is 0 Å². The summed E-state index contributed by atoms with van der Waals surface area (Å²) in [6, 6.07) is 20.4. The quantitative estimate of drug-likeness (QED) is 0.396. The van der Waals surface area contributed by atoms with Crippen LogP contribution in [0.25, 0.3) is 11.0 Å². The van der Waals surface area contributed by atoms with Gasteiger partial charge in [-0.15, -0.1) is 0 Å². The van der Waals surface area contributed by atoms with Gasteiger partial charge in [-0.25, -0.2) is 10.4 Å². The second kappa shape index (κ2) is 7.79. The van der Waals surface area contributed by atoms with Gasteiger partial charge >= 0.3 is 5.91 Å². The highest BCUT2D eigenvalue weighted by atomic mass is 16.5. The zero-order chi connectivity index (χ0) is 19.3. The fourth-order valence-corrected chi connectivity index (χ4v) is 2.62. The number of aromatic amines is 1. The summed E-state index contributed by atoms with van der Waals surface area (Å²) in [7, 11) is 0. The van der Waals surface area contributed by atoms with Crippen molar-refractivity contribution in [1.82, 2.24) is 15.4 Å². The van der Waals surface area contributed by atoms with Crippen LogP contribution in [0.1, 0.15) is 29.1 Å². The Kier molecular flexibility index (Phi) is 4.88. The number of imidazole rings is 1. The highest BCUT2D eigenvalue weighted by Crippen LogP contribution is 2.14. The molecule has 0 aliphatic rings. The van der Waals surface area contributed by atoms with Crippen molar-refractivity contribution in [3.63, 3.8) is 0 Å². The first kappa shape index (κ1) is 17.5. The molecule has 0 unspecified atom stereocenters. The average Bonchev–Trinajstić information content (AvgIpc) is 3.38. The first-order valence-corrected chi connectivity index (χ1v) is 8.75. The predicted octanol–water partition coefficient (Wildman–Crippen LogP) is 3.89. The molecule has 7 nitrogen and oxygen atoms in total. The minimum atomic E-state index is -0.443. The normalized spacial score (nSPS) is 11.5.